The molecule has 26 heavy (non-hydrogen) atoms. The van der Waals surface area contributed by atoms with E-state index in [2.05, 4.69) is 10.6 Å². The van der Waals surface area contributed by atoms with E-state index in [1.807, 2.05) is 19.0 Å². The van der Waals surface area contributed by atoms with Gasteiger partial charge in [0, 0.05) is 19.6 Å². The van der Waals surface area contributed by atoms with E-state index >= 15 is 0 Å². The van der Waals surface area contributed by atoms with Crippen molar-refractivity contribution in [3.63, 3.8) is 0 Å². The van der Waals surface area contributed by atoms with Crippen LogP contribution in [0.15, 0.2) is 35.2 Å². The number of likely N-dealkylation sites (N-methyl/N-ethyl adjacent to an activating group) is 1. The highest BCUT2D eigenvalue weighted by Gasteiger charge is 2.36. The van der Waals surface area contributed by atoms with E-state index in [1.54, 1.807) is 18.2 Å². The van der Waals surface area contributed by atoms with Gasteiger partial charge in [-0.2, -0.15) is 4.31 Å². The fraction of sp³-hybridized carbons (Fsp3) is 0.500. The van der Waals surface area contributed by atoms with Gasteiger partial charge in [-0.3, -0.25) is 9.59 Å². The Balaban J connectivity index is 1.91. The first-order valence-electron chi connectivity index (χ1n) is 8.21. The van der Waals surface area contributed by atoms with Gasteiger partial charge >= 0.3 is 11.8 Å². The van der Waals surface area contributed by atoms with E-state index in [9.17, 15) is 18.0 Å². The second-order valence-corrected chi connectivity index (χ2v) is 7.91. The van der Waals surface area contributed by atoms with Crippen LogP contribution < -0.4 is 10.6 Å². The maximum atomic E-state index is 12.7. The van der Waals surface area contributed by atoms with Crippen LogP contribution in [0, 0.1) is 0 Å². The van der Waals surface area contributed by atoms with Gasteiger partial charge in [0.15, 0.2) is 0 Å². The van der Waals surface area contributed by atoms with Gasteiger partial charge in [0.25, 0.3) is 0 Å². The number of carbonyl (C=O) groups excluding carboxylic acids is 2. The third-order valence-corrected chi connectivity index (χ3v) is 5.68. The van der Waals surface area contributed by atoms with Crippen molar-refractivity contribution in [2.45, 2.75) is 11.1 Å². The first kappa shape index (κ1) is 20.3. The van der Waals surface area contributed by atoms with Crippen molar-refractivity contribution in [2.24, 2.45) is 0 Å². The minimum absolute atomic E-state index is 0.105. The zero-order chi connectivity index (χ0) is 19.2. The Kier molecular flexibility index (Phi) is 7.09. The van der Waals surface area contributed by atoms with Crippen molar-refractivity contribution >= 4 is 21.8 Å². The number of ether oxygens (including phenoxy) is 1. The summed E-state index contributed by atoms with van der Waals surface area (Å²) >= 11 is 0. The molecule has 1 heterocycles. The Morgan fingerprint density at radius 3 is 2.50 bits per heavy atom. The number of benzene rings is 1. The summed E-state index contributed by atoms with van der Waals surface area (Å²) in [6.07, 6.45) is -0.848. The molecule has 1 atom stereocenters. The Hall–Kier alpha value is -2.01. The monoisotopic (exact) mass is 384 g/mol. The molecule has 0 aliphatic carbocycles. The minimum atomic E-state index is -3.73. The van der Waals surface area contributed by atoms with Crippen LogP contribution >= 0.6 is 0 Å². The standard InChI is InChI=1S/C16H24N4O5S/c1-19(2)9-8-17-15(21)16(22)18-12-14-20(10-11-25-14)26(23,24)13-6-4-3-5-7-13/h3-7,14H,8-12H2,1-2H3,(H,17,21)(H,18,22)/t14-/m1/s1. The maximum Gasteiger partial charge on any atom is 0.309 e. The summed E-state index contributed by atoms with van der Waals surface area (Å²) in [5.41, 5.74) is 0. The molecule has 2 rings (SSSR count). The highest BCUT2D eigenvalue weighted by Crippen LogP contribution is 2.21. The minimum Gasteiger partial charge on any atom is -0.359 e. The predicted molar refractivity (Wildman–Crippen MR) is 94.6 cm³/mol. The molecule has 9 nitrogen and oxygen atoms in total. The largest absolute Gasteiger partial charge is 0.359 e. The maximum absolute atomic E-state index is 12.7. The third kappa shape index (κ3) is 5.24. The third-order valence-electron chi connectivity index (χ3n) is 3.78. The second-order valence-electron chi connectivity index (χ2n) is 6.02. The van der Waals surface area contributed by atoms with Crippen LogP contribution in [0.5, 0.6) is 0 Å². The topological polar surface area (TPSA) is 108 Å². The summed E-state index contributed by atoms with van der Waals surface area (Å²) in [5.74, 6) is -1.58. The quantitative estimate of drug-likeness (QED) is 0.574. The summed E-state index contributed by atoms with van der Waals surface area (Å²) in [7, 11) is -0.0236. The van der Waals surface area contributed by atoms with Gasteiger partial charge in [-0.1, -0.05) is 18.2 Å². The zero-order valence-electron chi connectivity index (χ0n) is 14.8. The molecule has 0 spiro atoms. The predicted octanol–water partition coefficient (Wildman–Crippen LogP) is -1.17. The number of sulfonamides is 1. The van der Waals surface area contributed by atoms with Crippen molar-refractivity contribution in [2.75, 3.05) is 46.9 Å². The summed E-state index contributed by atoms with van der Waals surface area (Å²) in [5, 5.41) is 4.91. The van der Waals surface area contributed by atoms with Crippen LogP contribution in [0.3, 0.4) is 0 Å². The summed E-state index contributed by atoms with van der Waals surface area (Å²) in [6.45, 7) is 1.25. The molecule has 10 heteroatoms. The van der Waals surface area contributed by atoms with E-state index in [-0.39, 0.29) is 24.6 Å². The van der Waals surface area contributed by atoms with Gasteiger partial charge in [0.1, 0.15) is 6.23 Å². The highest BCUT2D eigenvalue weighted by atomic mass is 32.2. The van der Waals surface area contributed by atoms with Gasteiger partial charge in [-0.25, -0.2) is 8.42 Å². The fourth-order valence-electron chi connectivity index (χ4n) is 2.40. The number of rotatable bonds is 7. The molecule has 144 valence electrons. The fourth-order valence-corrected chi connectivity index (χ4v) is 3.93. The molecule has 1 aromatic carbocycles. The molecule has 0 saturated carbocycles. The summed E-state index contributed by atoms with van der Waals surface area (Å²) in [6, 6.07) is 8.01. The van der Waals surface area contributed by atoms with Gasteiger partial charge in [-0.15, -0.1) is 0 Å². The first-order chi connectivity index (χ1) is 12.3. The number of carbonyl (C=O) groups is 2. The van der Waals surface area contributed by atoms with E-state index in [4.69, 9.17) is 4.74 Å². The SMILES string of the molecule is CN(C)CCNC(=O)C(=O)NC[C@H]1OCCN1S(=O)(=O)c1ccccc1. The van der Waals surface area contributed by atoms with Crippen molar-refractivity contribution in [3.8, 4) is 0 Å². The molecule has 1 aromatic rings. The molecule has 0 aromatic heterocycles. The Labute approximate surface area is 153 Å². The lowest BCUT2D eigenvalue weighted by molar-refractivity contribution is -0.139. The molecule has 1 aliphatic rings. The molecule has 1 aliphatic heterocycles. The van der Waals surface area contributed by atoms with Gasteiger partial charge < -0.3 is 20.3 Å². The molecule has 2 N–H and O–H groups in total. The van der Waals surface area contributed by atoms with Gasteiger partial charge in [0.2, 0.25) is 10.0 Å². The lowest BCUT2D eigenvalue weighted by atomic mass is 10.4. The molecule has 0 radical (unpaired) electrons. The van der Waals surface area contributed by atoms with E-state index in [0.717, 1.165) is 0 Å². The van der Waals surface area contributed by atoms with Crippen LogP contribution in [0.1, 0.15) is 0 Å². The van der Waals surface area contributed by atoms with Crippen LogP contribution in [-0.4, -0.2) is 82.5 Å². The number of hydrogen-bond acceptors (Lipinski definition) is 6. The number of nitrogens with zero attached hydrogens (tertiary/aromatic N) is 2. The Morgan fingerprint density at radius 1 is 1.19 bits per heavy atom. The van der Waals surface area contributed by atoms with Gasteiger partial charge in [0.05, 0.1) is 18.0 Å². The smallest absolute Gasteiger partial charge is 0.309 e. The van der Waals surface area contributed by atoms with Gasteiger partial charge in [-0.05, 0) is 26.2 Å². The van der Waals surface area contributed by atoms with E-state index < -0.39 is 28.1 Å². The molecule has 0 unspecified atom stereocenters. The Bertz CT molecular complexity index is 723. The lowest BCUT2D eigenvalue weighted by Gasteiger charge is -2.22. The van der Waals surface area contributed by atoms with E-state index in [1.165, 1.54) is 16.4 Å². The number of nitrogens with one attached hydrogen (secondary N) is 2. The molecular formula is C16H24N4O5S. The van der Waals surface area contributed by atoms with Crippen LogP contribution in [0.4, 0.5) is 0 Å². The average Bonchev–Trinajstić information content (AvgIpc) is 3.09. The highest BCUT2D eigenvalue weighted by molar-refractivity contribution is 7.89. The lowest BCUT2D eigenvalue weighted by Crippen LogP contribution is -2.48. The second kappa shape index (κ2) is 9.08. The normalized spacial score (nSPS) is 18.0. The molecular weight excluding hydrogens is 360 g/mol. The van der Waals surface area contributed by atoms with Crippen molar-refractivity contribution < 1.29 is 22.7 Å². The molecule has 0 bridgehead atoms. The number of amides is 2. The average molecular weight is 384 g/mol. The summed E-state index contributed by atoms with van der Waals surface area (Å²) in [4.78, 5) is 25.6. The zero-order valence-corrected chi connectivity index (χ0v) is 15.7. The van der Waals surface area contributed by atoms with Crippen LogP contribution in [-0.2, 0) is 24.3 Å². The van der Waals surface area contributed by atoms with Crippen LogP contribution in [0.2, 0.25) is 0 Å². The molecule has 2 amide bonds. The first-order valence-corrected chi connectivity index (χ1v) is 9.65. The molecule has 1 fully saturated rings. The van der Waals surface area contributed by atoms with Crippen molar-refractivity contribution in [1.82, 2.24) is 19.8 Å². The number of hydrogen-bond donors (Lipinski definition) is 2. The van der Waals surface area contributed by atoms with E-state index in [0.29, 0.717) is 13.1 Å². The molecule has 1 saturated heterocycles. The van der Waals surface area contributed by atoms with Crippen LogP contribution in [0.25, 0.3) is 0 Å². The van der Waals surface area contributed by atoms with Crippen molar-refractivity contribution in [1.29, 1.82) is 0 Å². The van der Waals surface area contributed by atoms with Crippen molar-refractivity contribution in [3.05, 3.63) is 30.3 Å². The Morgan fingerprint density at radius 2 is 1.85 bits per heavy atom. The summed E-state index contributed by atoms with van der Waals surface area (Å²) < 4.78 is 32.0.